The van der Waals surface area contributed by atoms with E-state index in [0.29, 0.717) is 6.42 Å². The van der Waals surface area contributed by atoms with Gasteiger partial charge < -0.3 is 14.2 Å². The van der Waals surface area contributed by atoms with E-state index in [1.807, 2.05) is 13.0 Å². The van der Waals surface area contributed by atoms with Gasteiger partial charge in [0.2, 0.25) is 0 Å². The molecule has 1 N–H and O–H groups in total. The topological polar surface area (TPSA) is 89.5 Å². The number of amides is 1. The largest absolute Gasteiger partial charge is 0.469 e. The van der Waals surface area contributed by atoms with Crippen molar-refractivity contribution in [3.63, 3.8) is 0 Å². The number of rotatable bonds is 7. The standard InChI is InChI=1S/C19H19NO5S/c1-14(12-15-6-5-11-24-15)20-19(21)18-10-9-16(25-18)13-26(22,23)17-7-3-2-4-8-17/h2-11,14H,12-13H2,1H3,(H,20,21). The second-order valence-electron chi connectivity index (χ2n) is 6.00. The highest BCUT2D eigenvalue weighted by Gasteiger charge is 2.20. The van der Waals surface area contributed by atoms with Crippen molar-refractivity contribution in [3.8, 4) is 0 Å². The van der Waals surface area contributed by atoms with Gasteiger partial charge in [-0.2, -0.15) is 0 Å². The van der Waals surface area contributed by atoms with Crippen molar-refractivity contribution in [2.45, 2.75) is 30.0 Å². The van der Waals surface area contributed by atoms with Gasteiger partial charge in [-0.05, 0) is 43.3 Å². The van der Waals surface area contributed by atoms with Crippen LogP contribution in [0.3, 0.4) is 0 Å². The molecule has 0 saturated heterocycles. The van der Waals surface area contributed by atoms with Crippen molar-refractivity contribution in [1.82, 2.24) is 5.32 Å². The maximum Gasteiger partial charge on any atom is 0.287 e. The van der Waals surface area contributed by atoms with E-state index in [4.69, 9.17) is 8.83 Å². The average Bonchev–Trinajstić information content (AvgIpc) is 3.27. The maximum atomic E-state index is 12.4. The number of nitrogens with one attached hydrogen (secondary N) is 1. The third-order valence-electron chi connectivity index (χ3n) is 3.79. The van der Waals surface area contributed by atoms with Gasteiger partial charge in [-0.15, -0.1) is 0 Å². The highest BCUT2D eigenvalue weighted by atomic mass is 32.2. The number of carbonyl (C=O) groups is 1. The number of furan rings is 2. The first kappa shape index (κ1) is 18.0. The Morgan fingerprint density at radius 3 is 2.50 bits per heavy atom. The van der Waals surface area contributed by atoms with E-state index >= 15 is 0 Å². The van der Waals surface area contributed by atoms with Gasteiger partial charge in [-0.25, -0.2) is 8.42 Å². The summed E-state index contributed by atoms with van der Waals surface area (Å²) in [6.45, 7) is 1.85. The van der Waals surface area contributed by atoms with Crippen molar-refractivity contribution >= 4 is 15.7 Å². The van der Waals surface area contributed by atoms with Crippen LogP contribution in [0.25, 0.3) is 0 Å². The Bertz CT molecular complexity index is 959. The van der Waals surface area contributed by atoms with E-state index in [-0.39, 0.29) is 28.2 Å². The van der Waals surface area contributed by atoms with Crippen LogP contribution >= 0.6 is 0 Å². The smallest absolute Gasteiger partial charge is 0.287 e. The monoisotopic (exact) mass is 373 g/mol. The van der Waals surface area contributed by atoms with Gasteiger partial charge in [0, 0.05) is 12.5 Å². The van der Waals surface area contributed by atoms with E-state index in [1.54, 1.807) is 30.5 Å². The number of sulfone groups is 1. The Kier molecular flexibility index (Phi) is 5.27. The van der Waals surface area contributed by atoms with Gasteiger partial charge in [0.25, 0.3) is 5.91 Å². The molecule has 0 saturated carbocycles. The summed E-state index contributed by atoms with van der Waals surface area (Å²) in [5, 5.41) is 2.80. The molecule has 0 aliphatic carbocycles. The first-order valence-corrected chi connectivity index (χ1v) is 9.79. The zero-order chi connectivity index (χ0) is 18.6. The lowest BCUT2D eigenvalue weighted by molar-refractivity contribution is 0.0909. The van der Waals surface area contributed by atoms with Crippen LogP contribution in [0.4, 0.5) is 0 Å². The van der Waals surface area contributed by atoms with Crippen molar-refractivity contribution in [3.05, 3.63) is 78.1 Å². The zero-order valence-electron chi connectivity index (χ0n) is 14.2. The Morgan fingerprint density at radius 1 is 1.04 bits per heavy atom. The summed E-state index contributed by atoms with van der Waals surface area (Å²) >= 11 is 0. The van der Waals surface area contributed by atoms with Gasteiger partial charge in [-0.1, -0.05) is 18.2 Å². The lowest BCUT2D eigenvalue weighted by Gasteiger charge is -2.11. The van der Waals surface area contributed by atoms with Gasteiger partial charge in [0.05, 0.1) is 11.2 Å². The molecule has 3 aromatic rings. The fourth-order valence-corrected chi connectivity index (χ4v) is 3.82. The van der Waals surface area contributed by atoms with Crippen LogP contribution in [-0.2, 0) is 22.0 Å². The van der Waals surface area contributed by atoms with Crippen molar-refractivity contribution < 1.29 is 22.0 Å². The summed E-state index contributed by atoms with van der Waals surface area (Å²) in [5.74, 6) is 0.373. The van der Waals surface area contributed by atoms with Crippen LogP contribution < -0.4 is 5.32 Å². The average molecular weight is 373 g/mol. The Labute approximate surface area is 151 Å². The van der Waals surface area contributed by atoms with Crippen LogP contribution in [0.2, 0.25) is 0 Å². The SMILES string of the molecule is CC(Cc1ccco1)NC(=O)c1ccc(CS(=O)(=O)c2ccccc2)o1. The van der Waals surface area contributed by atoms with E-state index in [0.717, 1.165) is 5.76 Å². The molecule has 1 atom stereocenters. The zero-order valence-corrected chi connectivity index (χ0v) is 15.0. The third-order valence-corrected chi connectivity index (χ3v) is 5.44. The van der Waals surface area contributed by atoms with E-state index in [2.05, 4.69) is 5.32 Å². The molecule has 0 aliphatic rings. The minimum absolute atomic E-state index is 0.0783. The van der Waals surface area contributed by atoms with Crippen LogP contribution in [0.1, 0.15) is 29.0 Å². The second-order valence-corrected chi connectivity index (χ2v) is 7.99. The molecule has 0 aliphatic heterocycles. The van der Waals surface area contributed by atoms with Gasteiger partial charge in [0.1, 0.15) is 17.3 Å². The summed E-state index contributed by atoms with van der Waals surface area (Å²) in [5.41, 5.74) is 0. The van der Waals surface area contributed by atoms with Gasteiger partial charge >= 0.3 is 0 Å². The van der Waals surface area contributed by atoms with Crippen LogP contribution in [0.5, 0.6) is 0 Å². The predicted octanol–water partition coefficient (Wildman–Crippen LogP) is 3.21. The molecule has 7 heteroatoms. The maximum absolute atomic E-state index is 12.4. The normalized spacial score (nSPS) is 12.7. The van der Waals surface area contributed by atoms with Crippen molar-refractivity contribution in [2.24, 2.45) is 0 Å². The molecule has 0 bridgehead atoms. The molecular weight excluding hydrogens is 354 g/mol. The summed E-state index contributed by atoms with van der Waals surface area (Å²) in [6, 6.07) is 14.6. The van der Waals surface area contributed by atoms with Crippen LogP contribution in [0, 0.1) is 0 Å². The highest BCUT2D eigenvalue weighted by Crippen LogP contribution is 2.18. The molecule has 2 heterocycles. The second kappa shape index (κ2) is 7.61. The number of benzene rings is 1. The van der Waals surface area contributed by atoms with Crippen LogP contribution in [0.15, 0.2) is 74.6 Å². The molecule has 6 nitrogen and oxygen atoms in total. The summed E-state index contributed by atoms with van der Waals surface area (Å²) in [7, 11) is -3.52. The summed E-state index contributed by atoms with van der Waals surface area (Å²) < 4.78 is 35.4. The first-order valence-electron chi connectivity index (χ1n) is 8.14. The fourth-order valence-electron chi connectivity index (χ4n) is 2.55. The Balaban J connectivity index is 1.63. The molecule has 3 rings (SSSR count). The molecule has 136 valence electrons. The fraction of sp³-hybridized carbons (Fsp3) is 0.211. The summed E-state index contributed by atoms with van der Waals surface area (Å²) in [4.78, 5) is 12.5. The van der Waals surface area contributed by atoms with E-state index in [9.17, 15) is 13.2 Å². The van der Waals surface area contributed by atoms with E-state index in [1.165, 1.54) is 24.3 Å². The number of hydrogen-bond acceptors (Lipinski definition) is 5. The third kappa shape index (κ3) is 4.43. The highest BCUT2D eigenvalue weighted by molar-refractivity contribution is 7.90. The first-order chi connectivity index (χ1) is 12.4. The molecule has 0 radical (unpaired) electrons. The van der Waals surface area contributed by atoms with E-state index < -0.39 is 15.7 Å². The molecule has 0 spiro atoms. The Morgan fingerprint density at radius 2 is 1.81 bits per heavy atom. The lowest BCUT2D eigenvalue weighted by Crippen LogP contribution is -2.33. The summed E-state index contributed by atoms with van der Waals surface area (Å²) in [6.07, 6.45) is 2.13. The quantitative estimate of drug-likeness (QED) is 0.687. The number of carbonyl (C=O) groups excluding carboxylic acids is 1. The van der Waals surface area contributed by atoms with Crippen molar-refractivity contribution in [2.75, 3.05) is 0 Å². The lowest BCUT2D eigenvalue weighted by atomic mass is 10.2. The minimum atomic E-state index is -3.52. The molecule has 1 amide bonds. The molecular formula is C19H19NO5S. The molecule has 26 heavy (non-hydrogen) atoms. The molecule has 2 aromatic heterocycles. The van der Waals surface area contributed by atoms with Crippen molar-refractivity contribution in [1.29, 1.82) is 0 Å². The Hall–Kier alpha value is -2.80. The molecule has 1 unspecified atom stereocenters. The molecule has 0 fully saturated rings. The predicted molar refractivity (Wildman–Crippen MR) is 95.4 cm³/mol. The van der Waals surface area contributed by atoms with Gasteiger partial charge in [-0.3, -0.25) is 4.79 Å². The van der Waals surface area contributed by atoms with Gasteiger partial charge in [0.15, 0.2) is 15.6 Å². The minimum Gasteiger partial charge on any atom is -0.469 e. The molecule has 1 aromatic carbocycles. The van der Waals surface area contributed by atoms with Crippen LogP contribution in [-0.4, -0.2) is 20.4 Å². The number of hydrogen-bond donors (Lipinski definition) is 1.